The van der Waals surface area contributed by atoms with E-state index >= 15 is 0 Å². The SMILES string of the molecule is COc1cc(C(=O)N2CCCC(CCCl)C2)ccc1F. The Morgan fingerprint density at radius 1 is 1.55 bits per heavy atom. The van der Waals surface area contributed by atoms with Crippen LogP contribution in [-0.2, 0) is 0 Å². The molecule has 1 heterocycles. The molecule has 1 aliphatic rings. The predicted molar refractivity (Wildman–Crippen MR) is 76.9 cm³/mol. The Morgan fingerprint density at radius 3 is 3.05 bits per heavy atom. The number of halogens is 2. The summed E-state index contributed by atoms with van der Waals surface area (Å²) in [6.07, 6.45) is 3.03. The minimum atomic E-state index is -0.456. The van der Waals surface area contributed by atoms with Crippen molar-refractivity contribution in [3.63, 3.8) is 0 Å². The van der Waals surface area contributed by atoms with E-state index in [4.69, 9.17) is 16.3 Å². The average Bonchev–Trinajstić information content (AvgIpc) is 2.48. The molecule has 0 N–H and O–H groups in total. The summed E-state index contributed by atoms with van der Waals surface area (Å²) < 4.78 is 18.3. The molecule has 1 aromatic rings. The molecule has 0 aromatic heterocycles. The molecule has 1 atom stereocenters. The summed E-state index contributed by atoms with van der Waals surface area (Å²) in [5.74, 6) is 0.667. The zero-order chi connectivity index (χ0) is 14.5. The standard InChI is InChI=1S/C15H19ClFNO2/c1-20-14-9-12(4-5-13(14)17)15(19)18-8-2-3-11(10-18)6-7-16/h4-5,9,11H,2-3,6-8,10H2,1H3. The van der Waals surface area contributed by atoms with Crippen molar-refractivity contribution in [1.29, 1.82) is 0 Å². The van der Waals surface area contributed by atoms with Gasteiger partial charge in [0.1, 0.15) is 0 Å². The summed E-state index contributed by atoms with van der Waals surface area (Å²) in [4.78, 5) is 14.3. The Hall–Kier alpha value is -1.29. The fourth-order valence-corrected chi connectivity index (χ4v) is 2.92. The van der Waals surface area contributed by atoms with Crippen LogP contribution in [0.3, 0.4) is 0 Å². The van der Waals surface area contributed by atoms with Gasteiger partial charge in [-0.15, -0.1) is 11.6 Å². The Balaban J connectivity index is 2.10. The number of likely N-dealkylation sites (tertiary alicyclic amines) is 1. The highest BCUT2D eigenvalue weighted by Gasteiger charge is 2.24. The number of nitrogens with zero attached hydrogens (tertiary/aromatic N) is 1. The highest BCUT2D eigenvalue weighted by Crippen LogP contribution is 2.24. The molecule has 1 unspecified atom stereocenters. The molecule has 0 spiro atoms. The summed E-state index contributed by atoms with van der Waals surface area (Å²) in [6.45, 7) is 1.47. The second-order valence-electron chi connectivity index (χ2n) is 5.09. The molecule has 1 saturated heterocycles. The Morgan fingerprint density at radius 2 is 2.35 bits per heavy atom. The molecule has 0 radical (unpaired) electrons. The van der Waals surface area contributed by atoms with Gasteiger partial charge >= 0.3 is 0 Å². The maximum Gasteiger partial charge on any atom is 0.254 e. The number of ether oxygens (including phenoxy) is 1. The van der Waals surface area contributed by atoms with E-state index in [1.807, 2.05) is 4.90 Å². The van der Waals surface area contributed by atoms with Gasteiger partial charge in [-0.05, 0) is 43.4 Å². The van der Waals surface area contributed by atoms with Crippen LogP contribution >= 0.6 is 11.6 Å². The van der Waals surface area contributed by atoms with E-state index in [0.717, 1.165) is 32.4 Å². The Kier molecular flexibility index (Phi) is 5.24. The zero-order valence-electron chi connectivity index (χ0n) is 11.6. The number of alkyl halides is 1. The van der Waals surface area contributed by atoms with Crippen LogP contribution in [0.1, 0.15) is 29.6 Å². The van der Waals surface area contributed by atoms with Crippen LogP contribution in [0.25, 0.3) is 0 Å². The van der Waals surface area contributed by atoms with Gasteiger partial charge in [0.15, 0.2) is 11.6 Å². The van der Waals surface area contributed by atoms with E-state index in [-0.39, 0.29) is 11.7 Å². The van der Waals surface area contributed by atoms with E-state index in [1.165, 1.54) is 25.3 Å². The lowest BCUT2D eigenvalue weighted by atomic mass is 9.95. The van der Waals surface area contributed by atoms with Crippen LogP contribution in [-0.4, -0.2) is 36.9 Å². The van der Waals surface area contributed by atoms with Crippen molar-refractivity contribution < 1.29 is 13.9 Å². The first-order chi connectivity index (χ1) is 9.65. The lowest BCUT2D eigenvalue weighted by Crippen LogP contribution is -2.40. The quantitative estimate of drug-likeness (QED) is 0.798. The normalized spacial score (nSPS) is 18.9. The molecule has 1 aliphatic heterocycles. The van der Waals surface area contributed by atoms with Gasteiger partial charge in [0.05, 0.1) is 7.11 Å². The van der Waals surface area contributed by atoms with Gasteiger partial charge in [0, 0.05) is 24.5 Å². The minimum Gasteiger partial charge on any atom is -0.494 e. The van der Waals surface area contributed by atoms with Crippen molar-refractivity contribution in [1.82, 2.24) is 4.90 Å². The number of carbonyl (C=O) groups excluding carboxylic acids is 1. The predicted octanol–water partition coefficient (Wildman–Crippen LogP) is 3.32. The maximum atomic E-state index is 13.4. The third-order valence-corrected chi connectivity index (χ3v) is 3.94. The number of hydrogen-bond donors (Lipinski definition) is 0. The first-order valence-corrected chi connectivity index (χ1v) is 7.38. The van der Waals surface area contributed by atoms with Crippen LogP contribution in [0.15, 0.2) is 18.2 Å². The number of piperidine rings is 1. The average molecular weight is 300 g/mol. The molecule has 1 fully saturated rings. The smallest absolute Gasteiger partial charge is 0.254 e. The van der Waals surface area contributed by atoms with Gasteiger partial charge in [0.25, 0.3) is 5.91 Å². The van der Waals surface area contributed by atoms with E-state index in [0.29, 0.717) is 17.4 Å². The monoisotopic (exact) mass is 299 g/mol. The van der Waals surface area contributed by atoms with E-state index < -0.39 is 5.82 Å². The number of hydrogen-bond acceptors (Lipinski definition) is 2. The molecular weight excluding hydrogens is 281 g/mol. The molecule has 110 valence electrons. The van der Waals surface area contributed by atoms with Crippen LogP contribution in [0.5, 0.6) is 5.75 Å². The molecule has 1 amide bonds. The summed E-state index contributed by atoms with van der Waals surface area (Å²) in [7, 11) is 1.39. The van der Waals surface area contributed by atoms with E-state index in [1.54, 1.807) is 0 Å². The van der Waals surface area contributed by atoms with E-state index in [9.17, 15) is 9.18 Å². The topological polar surface area (TPSA) is 29.5 Å². The summed E-state index contributed by atoms with van der Waals surface area (Å²) in [6, 6.07) is 4.24. The molecule has 5 heteroatoms. The fraction of sp³-hybridized carbons (Fsp3) is 0.533. The highest BCUT2D eigenvalue weighted by molar-refractivity contribution is 6.17. The largest absolute Gasteiger partial charge is 0.494 e. The van der Waals surface area contributed by atoms with Gasteiger partial charge in [-0.3, -0.25) is 4.79 Å². The first kappa shape index (κ1) is 15.1. The fourth-order valence-electron chi connectivity index (χ4n) is 2.61. The number of benzene rings is 1. The van der Waals surface area contributed by atoms with Crippen molar-refractivity contribution in [3.8, 4) is 5.75 Å². The molecule has 0 saturated carbocycles. The number of carbonyl (C=O) groups is 1. The van der Waals surface area contributed by atoms with Crippen molar-refractivity contribution in [2.75, 3.05) is 26.1 Å². The van der Waals surface area contributed by atoms with Crippen LogP contribution in [0.4, 0.5) is 4.39 Å². The minimum absolute atomic E-state index is 0.0671. The molecular formula is C15H19ClFNO2. The van der Waals surface area contributed by atoms with Crippen LogP contribution < -0.4 is 4.74 Å². The maximum absolute atomic E-state index is 13.4. The Labute approximate surface area is 123 Å². The van der Waals surface area contributed by atoms with Gasteiger partial charge in [-0.2, -0.15) is 0 Å². The lowest BCUT2D eigenvalue weighted by molar-refractivity contribution is 0.0671. The van der Waals surface area contributed by atoms with Gasteiger partial charge in [0.2, 0.25) is 0 Å². The molecule has 1 aromatic carbocycles. The van der Waals surface area contributed by atoms with Gasteiger partial charge in [-0.1, -0.05) is 0 Å². The first-order valence-electron chi connectivity index (χ1n) is 6.84. The number of amides is 1. The molecule has 3 nitrogen and oxygen atoms in total. The summed E-state index contributed by atoms with van der Waals surface area (Å²) in [5.41, 5.74) is 0.467. The van der Waals surface area contributed by atoms with Crippen molar-refractivity contribution in [3.05, 3.63) is 29.6 Å². The third kappa shape index (κ3) is 3.42. The second kappa shape index (κ2) is 6.93. The number of methoxy groups -OCH3 is 1. The lowest BCUT2D eigenvalue weighted by Gasteiger charge is -2.32. The van der Waals surface area contributed by atoms with E-state index in [2.05, 4.69) is 0 Å². The van der Waals surface area contributed by atoms with Crippen LogP contribution in [0, 0.1) is 11.7 Å². The molecule has 0 aliphatic carbocycles. The molecule has 2 rings (SSSR count). The summed E-state index contributed by atoms with van der Waals surface area (Å²) in [5, 5.41) is 0. The second-order valence-corrected chi connectivity index (χ2v) is 5.46. The van der Waals surface area contributed by atoms with Crippen molar-refractivity contribution in [2.24, 2.45) is 5.92 Å². The van der Waals surface area contributed by atoms with Crippen LogP contribution in [0.2, 0.25) is 0 Å². The Bertz CT molecular complexity index is 479. The zero-order valence-corrected chi connectivity index (χ0v) is 12.3. The van der Waals surface area contributed by atoms with Gasteiger partial charge in [-0.25, -0.2) is 4.39 Å². The summed E-state index contributed by atoms with van der Waals surface area (Å²) >= 11 is 5.77. The highest BCUT2D eigenvalue weighted by atomic mass is 35.5. The number of rotatable bonds is 4. The molecule has 20 heavy (non-hydrogen) atoms. The molecule has 0 bridgehead atoms. The van der Waals surface area contributed by atoms with Crippen molar-refractivity contribution >= 4 is 17.5 Å². The van der Waals surface area contributed by atoms with Gasteiger partial charge < -0.3 is 9.64 Å². The van der Waals surface area contributed by atoms with Crippen molar-refractivity contribution in [2.45, 2.75) is 19.3 Å². The third-order valence-electron chi connectivity index (χ3n) is 3.72.